The van der Waals surface area contributed by atoms with Gasteiger partial charge in [0.2, 0.25) is 0 Å². The molecule has 1 fully saturated rings. The van der Waals surface area contributed by atoms with E-state index in [1.54, 1.807) is 24.3 Å². The van der Waals surface area contributed by atoms with Gasteiger partial charge in [0.1, 0.15) is 5.75 Å². The number of fused-ring (bicyclic) bond motifs is 1. The number of nitrogens with one attached hydrogen (secondary N) is 1. The number of hydrogen-bond acceptors (Lipinski definition) is 4. The first-order valence-corrected chi connectivity index (χ1v) is 8.00. The molecule has 0 spiro atoms. The van der Waals surface area contributed by atoms with E-state index in [1.807, 2.05) is 24.3 Å². The van der Waals surface area contributed by atoms with Crippen LogP contribution in [0.25, 0.3) is 22.2 Å². The number of H-pyrrole nitrogens is 1. The lowest BCUT2D eigenvalue weighted by molar-refractivity contribution is 0.122. The van der Waals surface area contributed by atoms with E-state index in [1.165, 1.54) is 0 Å². The maximum absolute atomic E-state index is 12.6. The highest BCUT2D eigenvalue weighted by molar-refractivity contribution is 5.85. The minimum atomic E-state index is -0.0304. The van der Waals surface area contributed by atoms with Crippen LogP contribution in [0.15, 0.2) is 53.3 Å². The number of aromatic hydroxyl groups is 1. The van der Waals surface area contributed by atoms with Crippen LogP contribution in [-0.4, -0.2) is 36.4 Å². The molecule has 4 rings (SSSR count). The molecular formula is C19H18N2O3. The van der Waals surface area contributed by atoms with Gasteiger partial charge >= 0.3 is 0 Å². The van der Waals surface area contributed by atoms with E-state index in [2.05, 4.69) is 9.88 Å². The number of anilines is 1. The van der Waals surface area contributed by atoms with Gasteiger partial charge in [-0.2, -0.15) is 0 Å². The molecule has 0 aliphatic carbocycles. The van der Waals surface area contributed by atoms with Crippen molar-refractivity contribution in [2.75, 3.05) is 31.2 Å². The lowest BCUT2D eigenvalue weighted by Gasteiger charge is -2.29. The van der Waals surface area contributed by atoms with Crippen LogP contribution >= 0.6 is 0 Å². The molecule has 1 aromatic heterocycles. The first-order chi connectivity index (χ1) is 11.7. The first kappa shape index (κ1) is 14.8. The molecule has 1 aliphatic rings. The number of pyridine rings is 1. The highest BCUT2D eigenvalue weighted by atomic mass is 16.5. The zero-order valence-electron chi connectivity index (χ0n) is 13.2. The van der Waals surface area contributed by atoms with Crippen molar-refractivity contribution in [1.82, 2.24) is 4.98 Å². The fourth-order valence-corrected chi connectivity index (χ4v) is 3.08. The average molecular weight is 322 g/mol. The summed E-state index contributed by atoms with van der Waals surface area (Å²) in [6.07, 6.45) is 0. The predicted octanol–water partition coefficient (Wildman–Crippen LogP) is 2.74. The SMILES string of the molecule is O=c1cc(-c2cccc(O)c2)[nH]c2ccc(N3CCOCC3)cc12. The van der Waals surface area contributed by atoms with Gasteiger partial charge in [0.05, 0.1) is 13.2 Å². The minimum Gasteiger partial charge on any atom is -0.508 e. The first-order valence-electron chi connectivity index (χ1n) is 8.00. The predicted molar refractivity (Wildman–Crippen MR) is 94.7 cm³/mol. The van der Waals surface area contributed by atoms with Crippen LogP contribution in [0.2, 0.25) is 0 Å². The summed E-state index contributed by atoms with van der Waals surface area (Å²) < 4.78 is 5.38. The third-order valence-corrected chi connectivity index (χ3v) is 4.35. The maximum Gasteiger partial charge on any atom is 0.190 e. The molecule has 5 nitrogen and oxygen atoms in total. The Labute approximate surface area is 139 Å². The van der Waals surface area contributed by atoms with E-state index in [-0.39, 0.29) is 11.2 Å². The quantitative estimate of drug-likeness (QED) is 0.761. The fourth-order valence-electron chi connectivity index (χ4n) is 3.08. The Morgan fingerprint density at radius 1 is 1.04 bits per heavy atom. The van der Waals surface area contributed by atoms with Crippen molar-refractivity contribution in [3.8, 4) is 17.0 Å². The van der Waals surface area contributed by atoms with Gasteiger partial charge in [-0.25, -0.2) is 0 Å². The Morgan fingerprint density at radius 2 is 1.88 bits per heavy atom. The Morgan fingerprint density at radius 3 is 2.67 bits per heavy atom. The molecule has 24 heavy (non-hydrogen) atoms. The number of hydrogen-bond donors (Lipinski definition) is 2. The molecule has 1 aliphatic heterocycles. The number of rotatable bonds is 2. The van der Waals surface area contributed by atoms with Gasteiger partial charge in [-0.1, -0.05) is 12.1 Å². The molecule has 2 aromatic carbocycles. The van der Waals surface area contributed by atoms with Crippen molar-refractivity contribution in [1.29, 1.82) is 0 Å². The van der Waals surface area contributed by atoms with Gasteiger partial charge in [0.15, 0.2) is 5.43 Å². The van der Waals surface area contributed by atoms with Crippen molar-refractivity contribution in [2.45, 2.75) is 0 Å². The molecule has 122 valence electrons. The van der Waals surface area contributed by atoms with Crippen LogP contribution in [0.3, 0.4) is 0 Å². The van der Waals surface area contributed by atoms with Crippen LogP contribution in [-0.2, 0) is 4.74 Å². The Bertz CT molecular complexity index is 943. The summed E-state index contributed by atoms with van der Waals surface area (Å²) in [6, 6.07) is 14.3. The number of morpholine rings is 1. The Balaban J connectivity index is 1.78. The number of phenols is 1. The number of phenolic OH excluding ortho intramolecular Hbond substituents is 1. The normalized spacial score (nSPS) is 14.9. The average Bonchev–Trinajstić information content (AvgIpc) is 2.62. The summed E-state index contributed by atoms with van der Waals surface area (Å²) in [4.78, 5) is 18.1. The number of nitrogens with zero attached hydrogens (tertiary/aromatic N) is 1. The second-order valence-electron chi connectivity index (χ2n) is 5.93. The topological polar surface area (TPSA) is 65.6 Å². The summed E-state index contributed by atoms with van der Waals surface area (Å²) >= 11 is 0. The standard InChI is InChI=1S/C19H18N2O3/c22-15-3-1-2-13(10-15)18-12-19(23)16-11-14(4-5-17(16)20-18)21-6-8-24-9-7-21/h1-5,10-12,22H,6-9H2,(H,20,23). The van der Waals surface area contributed by atoms with Crippen molar-refractivity contribution in [3.05, 3.63) is 58.8 Å². The second kappa shape index (κ2) is 6.02. The van der Waals surface area contributed by atoms with Crippen LogP contribution in [0.4, 0.5) is 5.69 Å². The number of aromatic nitrogens is 1. The fraction of sp³-hybridized carbons (Fsp3) is 0.211. The number of aromatic amines is 1. The summed E-state index contributed by atoms with van der Waals surface area (Å²) in [7, 11) is 0. The molecule has 0 unspecified atom stereocenters. The van der Waals surface area contributed by atoms with Crippen LogP contribution in [0, 0.1) is 0 Å². The number of ether oxygens (including phenoxy) is 1. The van der Waals surface area contributed by atoms with Crippen LogP contribution in [0.1, 0.15) is 0 Å². The smallest absolute Gasteiger partial charge is 0.190 e. The van der Waals surface area contributed by atoms with Crippen LogP contribution in [0.5, 0.6) is 5.75 Å². The van der Waals surface area contributed by atoms with E-state index < -0.39 is 0 Å². The van der Waals surface area contributed by atoms with Crippen molar-refractivity contribution < 1.29 is 9.84 Å². The molecule has 0 atom stereocenters. The van der Waals surface area contributed by atoms with Gasteiger partial charge in [-0.05, 0) is 30.3 Å². The molecule has 0 bridgehead atoms. The highest BCUT2D eigenvalue weighted by Crippen LogP contribution is 2.24. The lowest BCUT2D eigenvalue weighted by atomic mass is 10.1. The monoisotopic (exact) mass is 322 g/mol. The van der Waals surface area contributed by atoms with Crippen molar-refractivity contribution >= 4 is 16.6 Å². The molecular weight excluding hydrogens is 304 g/mol. The summed E-state index contributed by atoms with van der Waals surface area (Å²) in [5, 5.41) is 10.3. The van der Waals surface area contributed by atoms with Gasteiger partial charge in [0, 0.05) is 47.0 Å². The zero-order chi connectivity index (χ0) is 16.5. The molecule has 0 radical (unpaired) electrons. The summed E-state index contributed by atoms with van der Waals surface area (Å²) in [5.74, 6) is 0.177. The third kappa shape index (κ3) is 2.74. The Hall–Kier alpha value is -2.79. The van der Waals surface area contributed by atoms with Gasteiger partial charge in [-0.15, -0.1) is 0 Å². The maximum atomic E-state index is 12.6. The summed E-state index contributed by atoms with van der Waals surface area (Å²) in [5.41, 5.74) is 3.28. The number of benzene rings is 2. The van der Waals surface area contributed by atoms with Gasteiger partial charge in [0.25, 0.3) is 0 Å². The van der Waals surface area contributed by atoms with Gasteiger partial charge in [-0.3, -0.25) is 4.79 Å². The lowest BCUT2D eigenvalue weighted by Crippen LogP contribution is -2.36. The van der Waals surface area contributed by atoms with E-state index in [4.69, 9.17) is 4.74 Å². The van der Waals surface area contributed by atoms with Crippen molar-refractivity contribution in [3.63, 3.8) is 0 Å². The molecule has 1 saturated heterocycles. The van der Waals surface area contributed by atoms with E-state index in [0.717, 1.165) is 29.9 Å². The summed E-state index contributed by atoms with van der Waals surface area (Å²) in [6.45, 7) is 3.10. The van der Waals surface area contributed by atoms with E-state index in [0.29, 0.717) is 24.3 Å². The third-order valence-electron chi connectivity index (χ3n) is 4.35. The second-order valence-corrected chi connectivity index (χ2v) is 5.93. The Kier molecular flexibility index (Phi) is 3.70. The van der Waals surface area contributed by atoms with E-state index in [9.17, 15) is 9.90 Å². The molecule has 3 aromatic rings. The van der Waals surface area contributed by atoms with E-state index >= 15 is 0 Å². The molecule has 0 saturated carbocycles. The highest BCUT2D eigenvalue weighted by Gasteiger charge is 2.13. The molecule has 5 heteroatoms. The molecule has 2 N–H and O–H groups in total. The minimum absolute atomic E-state index is 0.0304. The van der Waals surface area contributed by atoms with Gasteiger partial charge < -0.3 is 19.7 Å². The molecule has 0 amide bonds. The van der Waals surface area contributed by atoms with Crippen molar-refractivity contribution in [2.24, 2.45) is 0 Å². The zero-order valence-corrected chi connectivity index (χ0v) is 13.2. The largest absolute Gasteiger partial charge is 0.508 e. The molecule has 2 heterocycles. The van der Waals surface area contributed by atoms with Crippen LogP contribution < -0.4 is 10.3 Å².